The molecule has 104 heavy (non-hydrogen) atoms. The number of benzene rings is 2. The van der Waals surface area contributed by atoms with Crippen LogP contribution >= 0.6 is 0 Å². The Morgan fingerprint density at radius 1 is 0.327 bits per heavy atom. The first-order valence-corrected chi connectivity index (χ1v) is 37.3. The summed E-state index contributed by atoms with van der Waals surface area (Å²) in [5, 5.41) is 149. The van der Waals surface area contributed by atoms with E-state index in [9.17, 15) is 71.5 Å². The van der Waals surface area contributed by atoms with Crippen molar-refractivity contribution in [1.29, 1.82) is 0 Å². The van der Waals surface area contributed by atoms with Gasteiger partial charge in [-0.2, -0.15) is 0 Å². The Labute approximate surface area is 605 Å². The summed E-state index contributed by atoms with van der Waals surface area (Å²) in [7, 11) is 0. The zero-order valence-corrected chi connectivity index (χ0v) is 59.2. The number of rotatable bonds is 34. The lowest BCUT2D eigenvalue weighted by Gasteiger charge is -2.45. The van der Waals surface area contributed by atoms with Gasteiger partial charge in [0.1, 0.15) is 109 Å². The number of ether oxygens (including phenoxy) is 8. The van der Waals surface area contributed by atoms with E-state index in [1.807, 2.05) is 36.4 Å². The summed E-state index contributed by atoms with van der Waals surface area (Å²) in [5.74, 6) is 0.489. The zero-order valence-electron chi connectivity index (χ0n) is 59.2. The van der Waals surface area contributed by atoms with E-state index in [4.69, 9.17) is 47.9 Å². The Bertz CT molecular complexity index is 3510. The van der Waals surface area contributed by atoms with Crippen LogP contribution in [-0.2, 0) is 41.3 Å². The molecule has 11 rings (SSSR count). The van der Waals surface area contributed by atoms with Gasteiger partial charge in [-0.15, -0.1) is 0 Å². The topological polar surface area (TPSA) is 414 Å². The zero-order chi connectivity index (χ0) is 73.6. The molecule has 8 bridgehead atoms. The second-order valence-corrected chi connectivity index (χ2v) is 28.2. The first kappa shape index (κ1) is 78.9. The minimum Gasteiger partial charge on any atom is -0.462 e. The summed E-state index contributed by atoms with van der Waals surface area (Å²) in [6.45, 7) is 1.53. The van der Waals surface area contributed by atoms with E-state index in [1.165, 1.54) is 64.2 Å². The molecule has 26 heteroatoms. The number of aryl methyl sites for hydroxylation is 2. The van der Waals surface area contributed by atoms with Crippen LogP contribution in [0.3, 0.4) is 0 Å². The molecule has 0 unspecified atom stereocenters. The molecule has 0 saturated carbocycles. The van der Waals surface area contributed by atoms with E-state index >= 15 is 0 Å². The normalized spacial score (nSPS) is 29.9. The second-order valence-electron chi connectivity index (χ2n) is 28.2. The molecule has 0 radical (unpaired) electrons. The number of H-pyrrole nitrogens is 2. The number of hydrogen-bond donors (Lipinski definition) is 16. The average Bonchev–Trinajstić information content (AvgIpc) is 1.46. The van der Waals surface area contributed by atoms with Crippen LogP contribution in [0, 0.1) is 0 Å². The lowest BCUT2D eigenvalue weighted by Crippen LogP contribution is -2.65. The largest absolute Gasteiger partial charge is 0.462 e. The summed E-state index contributed by atoms with van der Waals surface area (Å²) in [5.41, 5.74) is 11.3. The Hall–Kier alpha value is -6.16. The SMILES string of the molecule is CCCCCCCCCCCc1c2nc(c(-c3ccc(O[C@@H]4O[C@H](CO)[C@@H](O[C@H]5O[C@H](CO)[C@@H](O)[C@H](O)[C@H]5O)[C@H](O)[C@H]4O)cc3)c3ccc([nH]3)c(CCCCCCCCCCC)c3nc(c(-c4ccc(O[C@@H]5O[C@H](CO)[C@@H](O[C@H]6O[C@H](CO)[C@@H](O)[C@H](O)[C@H]6O)[C@H](O)[C@H]5O)cc4)c4ccc1[nH]4)C=C3)C=C2. The van der Waals surface area contributed by atoms with Gasteiger partial charge in [0, 0.05) is 44.3 Å². The fourth-order valence-corrected chi connectivity index (χ4v) is 14.7. The second kappa shape index (κ2) is 37.6. The monoisotopic (exact) mass is 1450 g/mol. The molecule has 0 spiro atoms. The maximum Gasteiger partial charge on any atom is 0.229 e. The minimum absolute atomic E-state index is 0.245. The van der Waals surface area contributed by atoms with E-state index in [1.54, 1.807) is 24.3 Å². The van der Waals surface area contributed by atoms with Gasteiger partial charge in [-0.05, 0) is 110 Å². The Morgan fingerprint density at radius 3 is 0.981 bits per heavy atom. The smallest absolute Gasteiger partial charge is 0.229 e. The van der Waals surface area contributed by atoms with Crippen molar-refractivity contribution in [2.24, 2.45) is 0 Å². The number of unbranched alkanes of at least 4 members (excludes halogenated alkanes) is 16. The molecule has 4 fully saturated rings. The van der Waals surface area contributed by atoms with Gasteiger partial charge >= 0.3 is 0 Å². The van der Waals surface area contributed by atoms with Crippen LogP contribution in [0.15, 0.2) is 72.8 Å². The fourth-order valence-electron chi connectivity index (χ4n) is 14.7. The van der Waals surface area contributed by atoms with E-state index in [-0.39, 0.29) is 11.5 Å². The Kier molecular flexibility index (Phi) is 28.5. The third kappa shape index (κ3) is 18.5. The van der Waals surface area contributed by atoms with Crippen molar-refractivity contribution in [3.63, 3.8) is 0 Å². The lowest BCUT2D eigenvalue weighted by molar-refractivity contribution is -0.352. The van der Waals surface area contributed by atoms with Gasteiger partial charge < -0.3 is 119 Å². The van der Waals surface area contributed by atoms with E-state index in [2.05, 4.69) is 60.2 Å². The first-order chi connectivity index (χ1) is 50.5. The van der Waals surface area contributed by atoms with E-state index in [0.29, 0.717) is 24.2 Å². The molecule has 2 aromatic carbocycles. The van der Waals surface area contributed by atoms with E-state index < -0.39 is 149 Å². The quantitative estimate of drug-likeness (QED) is 0.0201. The summed E-state index contributed by atoms with van der Waals surface area (Å²) < 4.78 is 46.9. The molecular formula is C78H106N4O22. The van der Waals surface area contributed by atoms with Crippen LogP contribution in [0.5, 0.6) is 11.5 Å². The number of aromatic amines is 2. The van der Waals surface area contributed by atoms with Crippen LogP contribution in [0.2, 0.25) is 0 Å². The van der Waals surface area contributed by atoms with Crippen molar-refractivity contribution >= 4 is 46.4 Å². The summed E-state index contributed by atoms with van der Waals surface area (Å²) >= 11 is 0. The molecule has 6 aliphatic rings. The van der Waals surface area contributed by atoms with Gasteiger partial charge in [0.2, 0.25) is 12.6 Å². The van der Waals surface area contributed by atoms with Gasteiger partial charge in [-0.1, -0.05) is 141 Å². The third-order valence-corrected chi connectivity index (χ3v) is 20.7. The van der Waals surface area contributed by atoms with Crippen LogP contribution in [0.4, 0.5) is 0 Å². The molecule has 6 aliphatic heterocycles. The molecule has 4 saturated heterocycles. The van der Waals surface area contributed by atoms with Crippen LogP contribution in [0.1, 0.15) is 163 Å². The molecular weight excluding hydrogens is 1340 g/mol. The summed E-state index contributed by atoms with van der Waals surface area (Å²) in [6.07, 6.45) is -2.17. The highest BCUT2D eigenvalue weighted by Crippen LogP contribution is 2.39. The molecule has 0 aliphatic carbocycles. The minimum atomic E-state index is -1.82. The van der Waals surface area contributed by atoms with Crippen molar-refractivity contribution in [3.8, 4) is 33.8 Å². The van der Waals surface area contributed by atoms with E-state index in [0.717, 1.165) is 118 Å². The molecule has 9 heterocycles. The van der Waals surface area contributed by atoms with Gasteiger partial charge in [0.25, 0.3) is 0 Å². The highest BCUT2D eigenvalue weighted by Gasteiger charge is 2.53. The molecule has 3 aromatic heterocycles. The molecule has 570 valence electrons. The van der Waals surface area contributed by atoms with Crippen LogP contribution in [0.25, 0.3) is 68.6 Å². The molecule has 26 nitrogen and oxygen atoms in total. The van der Waals surface area contributed by atoms with Gasteiger partial charge in [-0.25, -0.2) is 9.97 Å². The van der Waals surface area contributed by atoms with Crippen molar-refractivity contribution < 1.29 is 109 Å². The highest BCUT2D eigenvalue weighted by molar-refractivity contribution is 5.94. The number of hydrogen-bond acceptors (Lipinski definition) is 24. The maximum atomic E-state index is 11.5. The highest BCUT2D eigenvalue weighted by atomic mass is 16.8. The maximum absolute atomic E-state index is 11.5. The third-order valence-electron chi connectivity index (χ3n) is 20.7. The lowest BCUT2D eigenvalue weighted by atomic mass is 9.97. The summed E-state index contributed by atoms with van der Waals surface area (Å²) in [6, 6.07) is 22.5. The number of nitrogens with zero attached hydrogens (tertiary/aromatic N) is 2. The van der Waals surface area contributed by atoms with Crippen molar-refractivity contribution in [1.82, 2.24) is 19.9 Å². The summed E-state index contributed by atoms with van der Waals surface area (Å²) in [4.78, 5) is 18.6. The molecule has 5 aromatic rings. The number of aliphatic hydroxyl groups is 14. The number of aliphatic hydroxyl groups excluding tert-OH is 14. The van der Waals surface area contributed by atoms with Crippen molar-refractivity contribution in [2.75, 3.05) is 26.4 Å². The number of nitrogens with one attached hydrogen (secondary N) is 2. The van der Waals surface area contributed by atoms with Gasteiger partial charge in [0.05, 0.1) is 49.2 Å². The van der Waals surface area contributed by atoms with Crippen molar-refractivity contribution in [2.45, 2.75) is 265 Å². The predicted molar refractivity (Wildman–Crippen MR) is 386 cm³/mol. The first-order valence-electron chi connectivity index (χ1n) is 37.3. The molecule has 0 amide bonds. The standard InChI is InChI=1S/C78H106N4O22/c1-3-5-7-9-11-13-15-17-19-21-47-49-31-35-53(79-49)61(43-23-27-45(28-24-43)97-75-71(95)67(91)73(59(41-85)101-75)103-77-69(93)65(89)63(87)57(39-83)99-77)55-37-33-51(81-55)48(22-20-18-16-14-12-10-8-6-4-2)52-34-38-56(82-52)62(54-36-32-50(47)80-54)44-25-29-46(30-26-44)98-76-72(96)68(92)74(60(42-86)102-76)104-78-70(94)66(90)64(88)58(40-84)100-78/h23-38,57-60,63-79,82-96H,3-22,39-42H2,1-2H3/t57-,58-,59-,60-,63-,64-,65+,66+,67-,68-,69-,70-,71-,72-,73-,74-,75-,76-,77-,78-/m1/s1. The van der Waals surface area contributed by atoms with Gasteiger partial charge in [0.15, 0.2) is 12.6 Å². The number of fused-ring (bicyclic) bond motifs is 8. The fraction of sp³-hybridized carbons (Fsp3) is 0.590. The molecule has 20 atom stereocenters. The Balaban J connectivity index is 0.933. The van der Waals surface area contributed by atoms with Gasteiger partial charge in [-0.3, -0.25) is 0 Å². The van der Waals surface area contributed by atoms with Crippen LogP contribution < -0.4 is 9.47 Å². The predicted octanol–water partition coefficient (Wildman–Crippen LogP) is 6.14. The molecule has 16 N–H and O–H groups in total. The number of aromatic nitrogens is 4. The average molecular weight is 1450 g/mol. The Morgan fingerprint density at radius 2 is 0.635 bits per heavy atom. The van der Waals surface area contributed by atoms with Crippen LogP contribution in [-0.4, -0.2) is 241 Å². The van der Waals surface area contributed by atoms with Crippen molar-refractivity contribution in [3.05, 3.63) is 107 Å².